The molecule has 2 atom stereocenters. The third kappa shape index (κ3) is 5.84. The Labute approximate surface area is 235 Å². The van der Waals surface area contributed by atoms with E-state index in [0.29, 0.717) is 36.9 Å². The molecule has 1 saturated heterocycles. The van der Waals surface area contributed by atoms with Gasteiger partial charge in [-0.3, -0.25) is 4.79 Å². The van der Waals surface area contributed by atoms with Gasteiger partial charge >= 0.3 is 5.97 Å². The van der Waals surface area contributed by atoms with Gasteiger partial charge in [-0.1, -0.05) is 30.3 Å². The second-order valence-electron chi connectivity index (χ2n) is 10.1. The van der Waals surface area contributed by atoms with Crippen molar-refractivity contribution in [2.24, 2.45) is 0 Å². The number of thiophene rings is 1. The summed E-state index contributed by atoms with van der Waals surface area (Å²) >= 11 is 1.41. The molecule has 10 heteroatoms. The number of anilines is 1. The van der Waals surface area contributed by atoms with Gasteiger partial charge in [0.05, 0.1) is 18.3 Å². The molecule has 2 unspecified atom stereocenters. The number of hydrogen-bond acceptors (Lipinski definition) is 7. The van der Waals surface area contributed by atoms with Crippen molar-refractivity contribution in [2.75, 3.05) is 18.5 Å². The van der Waals surface area contributed by atoms with E-state index >= 15 is 0 Å². The Bertz CT molecular complexity index is 1510. The minimum atomic E-state index is -0.967. The van der Waals surface area contributed by atoms with E-state index < -0.39 is 5.97 Å². The highest BCUT2D eigenvalue weighted by Gasteiger charge is 2.31. The molecule has 9 nitrogen and oxygen atoms in total. The Morgan fingerprint density at radius 1 is 1.10 bits per heavy atom. The predicted octanol–water partition coefficient (Wildman–Crippen LogP) is 5.32. The van der Waals surface area contributed by atoms with E-state index in [1.165, 1.54) is 11.3 Å². The number of aromatic nitrogens is 1. The van der Waals surface area contributed by atoms with Crippen molar-refractivity contribution in [3.8, 4) is 5.75 Å². The van der Waals surface area contributed by atoms with Gasteiger partial charge < -0.3 is 34.9 Å². The van der Waals surface area contributed by atoms with Crippen LogP contribution in [0.25, 0.3) is 10.9 Å². The van der Waals surface area contributed by atoms with E-state index in [9.17, 15) is 14.7 Å². The van der Waals surface area contributed by atoms with Crippen LogP contribution in [-0.4, -0.2) is 47.5 Å². The largest absolute Gasteiger partial charge is 0.489 e. The number of H-pyrrole nitrogens is 1. The van der Waals surface area contributed by atoms with Gasteiger partial charge in [-0.05, 0) is 54.7 Å². The van der Waals surface area contributed by atoms with Crippen LogP contribution in [0.15, 0.2) is 54.6 Å². The summed E-state index contributed by atoms with van der Waals surface area (Å²) in [5.41, 5.74) is 3.41. The highest BCUT2D eigenvalue weighted by atomic mass is 32.1. The number of carbonyl (C=O) groups is 2. The molecule has 0 bridgehead atoms. The van der Waals surface area contributed by atoms with Gasteiger partial charge in [-0.25, -0.2) is 4.79 Å². The second kappa shape index (κ2) is 11.7. The highest BCUT2D eigenvalue weighted by molar-refractivity contribution is 7.16. The van der Waals surface area contributed by atoms with E-state index in [-0.39, 0.29) is 30.3 Å². The lowest BCUT2D eigenvalue weighted by Crippen LogP contribution is -2.37. The van der Waals surface area contributed by atoms with Crippen LogP contribution in [0.5, 0.6) is 5.75 Å². The summed E-state index contributed by atoms with van der Waals surface area (Å²) in [6.07, 6.45) is 2.83. The van der Waals surface area contributed by atoms with Gasteiger partial charge in [0.2, 0.25) is 0 Å². The third-order valence-electron chi connectivity index (χ3n) is 7.23. The molecular formula is C30H31N3O6S. The molecule has 208 valence electrons. The van der Waals surface area contributed by atoms with Crippen LogP contribution in [0, 0.1) is 0 Å². The zero-order valence-electron chi connectivity index (χ0n) is 21.9. The molecule has 2 aliphatic heterocycles. The maximum Gasteiger partial charge on any atom is 0.338 e. The zero-order chi connectivity index (χ0) is 27.5. The van der Waals surface area contributed by atoms with Crippen molar-refractivity contribution < 1.29 is 28.9 Å². The number of benzene rings is 2. The number of hydrogen-bond donors (Lipinski definition) is 4. The minimum absolute atomic E-state index is 0.175. The molecular weight excluding hydrogens is 530 g/mol. The molecule has 40 heavy (non-hydrogen) atoms. The summed E-state index contributed by atoms with van der Waals surface area (Å²) in [5, 5.41) is 17.7. The van der Waals surface area contributed by atoms with Crippen molar-refractivity contribution in [2.45, 2.75) is 51.2 Å². The molecule has 4 heterocycles. The van der Waals surface area contributed by atoms with Crippen LogP contribution < -0.4 is 15.4 Å². The fourth-order valence-corrected chi connectivity index (χ4v) is 6.34. The van der Waals surface area contributed by atoms with Crippen molar-refractivity contribution in [1.29, 1.82) is 0 Å². The number of nitrogens with one attached hydrogen (secondary N) is 3. The van der Waals surface area contributed by atoms with Crippen LogP contribution in [0.2, 0.25) is 0 Å². The Morgan fingerprint density at radius 2 is 1.98 bits per heavy atom. The SMILES string of the molecule is O=C(NCC1Cc2c(sc(NC3CCCCO3)c2C(=O)O)CO1)c1cc2cc(OCc3ccccc3)ccc2[nH]1. The third-order valence-corrected chi connectivity index (χ3v) is 8.37. The number of ether oxygens (including phenoxy) is 3. The normalized spacial score (nSPS) is 18.7. The Morgan fingerprint density at radius 3 is 2.77 bits per heavy atom. The van der Waals surface area contributed by atoms with Gasteiger partial charge in [-0.2, -0.15) is 0 Å². The number of aromatic amines is 1. The lowest BCUT2D eigenvalue weighted by Gasteiger charge is -2.24. The molecule has 2 aromatic carbocycles. The molecule has 0 saturated carbocycles. The Balaban J connectivity index is 1.08. The van der Waals surface area contributed by atoms with Gasteiger partial charge in [0.25, 0.3) is 5.91 Å². The van der Waals surface area contributed by atoms with Crippen molar-refractivity contribution in [1.82, 2.24) is 10.3 Å². The predicted molar refractivity (Wildman–Crippen MR) is 152 cm³/mol. The number of carboxylic acid groups (broad SMARTS) is 1. The lowest BCUT2D eigenvalue weighted by atomic mass is 10.0. The van der Waals surface area contributed by atoms with Gasteiger partial charge in [-0.15, -0.1) is 11.3 Å². The quantitative estimate of drug-likeness (QED) is 0.218. The van der Waals surface area contributed by atoms with Gasteiger partial charge in [0.1, 0.15) is 29.3 Å². The van der Waals surface area contributed by atoms with Gasteiger partial charge in [0, 0.05) is 35.4 Å². The molecule has 0 radical (unpaired) electrons. The number of carboxylic acids is 1. The van der Waals surface area contributed by atoms with Gasteiger partial charge in [0.15, 0.2) is 0 Å². The van der Waals surface area contributed by atoms with E-state index in [0.717, 1.165) is 51.9 Å². The highest BCUT2D eigenvalue weighted by Crippen LogP contribution is 2.38. The smallest absolute Gasteiger partial charge is 0.338 e. The fraction of sp³-hybridized carbons (Fsp3) is 0.333. The summed E-state index contributed by atoms with van der Waals surface area (Å²) in [4.78, 5) is 29.2. The molecule has 4 N–H and O–H groups in total. The maximum absolute atomic E-state index is 13.0. The topological polar surface area (TPSA) is 122 Å². The van der Waals surface area contributed by atoms with E-state index in [2.05, 4.69) is 15.6 Å². The molecule has 4 aromatic rings. The Kier molecular flexibility index (Phi) is 7.72. The van der Waals surface area contributed by atoms with E-state index in [1.54, 1.807) is 6.07 Å². The number of fused-ring (bicyclic) bond motifs is 2. The summed E-state index contributed by atoms with van der Waals surface area (Å²) < 4.78 is 17.6. The molecule has 1 amide bonds. The molecule has 2 aromatic heterocycles. The summed E-state index contributed by atoms with van der Waals surface area (Å²) in [6, 6.07) is 17.4. The average Bonchev–Trinajstić information content (AvgIpc) is 3.56. The standard InChI is InChI=1S/C30H31N3O6S/c34-28(24-13-19-12-20(9-10-23(19)32-24)38-16-18-6-2-1-3-7-18)31-15-21-14-22-25(17-39-21)40-29(27(22)30(35)36)33-26-8-4-5-11-37-26/h1-3,6-7,9-10,12-13,21,26,32-33H,4-5,8,11,14-17H2,(H,31,34)(H,35,36). The molecule has 6 rings (SSSR count). The molecule has 2 aliphatic rings. The van der Waals surface area contributed by atoms with Crippen LogP contribution in [0.4, 0.5) is 5.00 Å². The fourth-order valence-electron chi connectivity index (χ4n) is 5.15. The van der Waals surface area contributed by atoms with Crippen LogP contribution >= 0.6 is 11.3 Å². The molecule has 1 fully saturated rings. The van der Waals surface area contributed by atoms with E-state index in [1.807, 2.05) is 48.5 Å². The summed E-state index contributed by atoms with van der Waals surface area (Å²) in [7, 11) is 0. The number of amides is 1. The van der Waals surface area contributed by atoms with Crippen molar-refractivity contribution in [3.05, 3.63) is 81.9 Å². The number of aromatic carboxylic acids is 1. The van der Waals surface area contributed by atoms with Crippen LogP contribution in [-0.2, 0) is 29.1 Å². The first kappa shape index (κ1) is 26.4. The molecule has 0 aliphatic carbocycles. The first-order chi connectivity index (χ1) is 19.5. The van der Waals surface area contributed by atoms with E-state index in [4.69, 9.17) is 14.2 Å². The van der Waals surface area contributed by atoms with Crippen molar-refractivity contribution in [3.63, 3.8) is 0 Å². The average molecular weight is 562 g/mol. The van der Waals surface area contributed by atoms with Crippen LogP contribution in [0.1, 0.15) is 56.1 Å². The zero-order valence-corrected chi connectivity index (χ0v) is 22.7. The number of carbonyl (C=O) groups excluding carboxylic acids is 1. The summed E-state index contributed by atoms with van der Waals surface area (Å²) in [6.45, 7) is 1.72. The second-order valence-corrected chi connectivity index (χ2v) is 11.2. The summed E-state index contributed by atoms with van der Waals surface area (Å²) in [5.74, 6) is -0.494. The monoisotopic (exact) mass is 561 g/mol. The lowest BCUT2D eigenvalue weighted by molar-refractivity contribution is 0.0299. The molecule has 0 spiro atoms. The maximum atomic E-state index is 13.0. The first-order valence-corrected chi connectivity index (χ1v) is 14.3. The Hall–Kier alpha value is -3.86. The minimum Gasteiger partial charge on any atom is -0.489 e. The van der Waals surface area contributed by atoms with Crippen molar-refractivity contribution >= 4 is 39.1 Å². The number of rotatable bonds is 9. The van der Waals surface area contributed by atoms with Crippen LogP contribution in [0.3, 0.4) is 0 Å². The first-order valence-electron chi connectivity index (χ1n) is 13.5.